The van der Waals surface area contributed by atoms with Crippen LogP contribution in [0, 0.1) is 40.7 Å². The van der Waals surface area contributed by atoms with E-state index < -0.39 is 17.2 Å². The molecule has 0 amide bonds. The SMILES string of the molecule is CCC1CCC2CC(c3ccc4c(F)c(C#N)c(F)cc4c3)CCC2C1. The highest BCUT2D eigenvalue weighted by molar-refractivity contribution is 5.85. The quantitative estimate of drug-likeness (QED) is 0.589. The first-order chi connectivity index (χ1) is 12.6. The Balaban J connectivity index is 1.59. The maximum atomic E-state index is 14.3. The molecule has 4 unspecified atom stereocenters. The van der Waals surface area contributed by atoms with Gasteiger partial charge in [-0.3, -0.25) is 0 Å². The summed E-state index contributed by atoms with van der Waals surface area (Å²) in [6.07, 6.45) is 9.04. The van der Waals surface area contributed by atoms with Crippen LogP contribution in [0.15, 0.2) is 24.3 Å². The van der Waals surface area contributed by atoms with Gasteiger partial charge < -0.3 is 0 Å². The van der Waals surface area contributed by atoms with Crippen molar-refractivity contribution in [3.63, 3.8) is 0 Å². The van der Waals surface area contributed by atoms with Gasteiger partial charge in [-0.15, -0.1) is 0 Å². The molecule has 0 heterocycles. The highest BCUT2D eigenvalue weighted by atomic mass is 19.1. The molecule has 4 atom stereocenters. The molecule has 0 bridgehead atoms. The summed E-state index contributed by atoms with van der Waals surface area (Å²) in [6, 6.07) is 8.56. The van der Waals surface area contributed by atoms with E-state index in [0.29, 0.717) is 16.7 Å². The minimum Gasteiger partial charge on any atom is -0.205 e. The zero-order valence-electron chi connectivity index (χ0n) is 15.3. The second kappa shape index (κ2) is 6.99. The molecular formula is C23H25F2N. The van der Waals surface area contributed by atoms with Crippen LogP contribution in [0.4, 0.5) is 8.78 Å². The van der Waals surface area contributed by atoms with E-state index in [9.17, 15) is 8.78 Å². The van der Waals surface area contributed by atoms with E-state index in [0.717, 1.165) is 17.8 Å². The Morgan fingerprint density at radius 1 is 1.04 bits per heavy atom. The monoisotopic (exact) mass is 353 g/mol. The van der Waals surface area contributed by atoms with Crippen molar-refractivity contribution in [1.82, 2.24) is 0 Å². The molecule has 1 nitrogen and oxygen atoms in total. The van der Waals surface area contributed by atoms with E-state index >= 15 is 0 Å². The smallest absolute Gasteiger partial charge is 0.151 e. The van der Waals surface area contributed by atoms with Gasteiger partial charge in [0.05, 0.1) is 0 Å². The fraction of sp³-hybridized carbons (Fsp3) is 0.522. The van der Waals surface area contributed by atoms with Crippen molar-refractivity contribution < 1.29 is 8.78 Å². The Morgan fingerprint density at radius 2 is 1.81 bits per heavy atom. The number of benzene rings is 2. The number of hydrogen-bond acceptors (Lipinski definition) is 1. The standard InChI is InChI=1S/C23H25F2N/c1-2-14-3-4-16-10-17(6-5-15(16)9-14)18-7-8-20-19(11-18)12-22(24)21(13-26)23(20)25/h7-8,11-12,14-17H,2-6,9-10H2,1H3. The van der Waals surface area contributed by atoms with Crippen LogP contribution in [0.25, 0.3) is 10.8 Å². The lowest BCUT2D eigenvalue weighted by Gasteiger charge is -2.42. The second-order valence-electron chi connectivity index (χ2n) is 8.26. The first-order valence-corrected chi connectivity index (χ1v) is 9.92. The summed E-state index contributed by atoms with van der Waals surface area (Å²) < 4.78 is 28.3. The molecule has 0 aromatic heterocycles. The lowest BCUT2D eigenvalue weighted by molar-refractivity contribution is 0.116. The van der Waals surface area contributed by atoms with E-state index in [1.54, 1.807) is 12.1 Å². The van der Waals surface area contributed by atoms with Crippen molar-refractivity contribution in [2.24, 2.45) is 17.8 Å². The van der Waals surface area contributed by atoms with Gasteiger partial charge in [0.15, 0.2) is 5.82 Å². The van der Waals surface area contributed by atoms with Crippen LogP contribution >= 0.6 is 0 Å². The molecule has 0 radical (unpaired) electrons. The summed E-state index contributed by atoms with van der Waals surface area (Å²) in [7, 11) is 0. The van der Waals surface area contributed by atoms with E-state index in [2.05, 4.69) is 6.92 Å². The number of hydrogen-bond donors (Lipinski definition) is 0. The van der Waals surface area contributed by atoms with Gasteiger partial charge in [0.25, 0.3) is 0 Å². The maximum Gasteiger partial charge on any atom is 0.151 e. The molecular weight excluding hydrogens is 328 g/mol. The molecule has 2 aliphatic rings. The average Bonchev–Trinajstić information content (AvgIpc) is 2.67. The molecule has 0 aliphatic heterocycles. The molecule has 2 saturated carbocycles. The predicted molar refractivity (Wildman–Crippen MR) is 99.8 cm³/mol. The zero-order valence-corrected chi connectivity index (χ0v) is 15.3. The number of nitrogens with zero attached hydrogens (tertiary/aromatic N) is 1. The van der Waals surface area contributed by atoms with Gasteiger partial charge >= 0.3 is 0 Å². The first-order valence-electron chi connectivity index (χ1n) is 9.92. The Morgan fingerprint density at radius 3 is 2.58 bits per heavy atom. The lowest BCUT2D eigenvalue weighted by atomic mass is 9.63. The van der Waals surface area contributed by atoms with Gasteiger partial charge in [0, 0.05) is 5.39 Å². The highest BCUT2D eigenvalue weighted by Crippen LogP contribution is 2.48. The number of fused-ring (bicyclic) bond motifs is 2. The molecule has 2 aliphatic carbocycles. The van der Waals surface area contributed by atoms with E-state index in [1.165, 1.54) is 56.6 Å². The Hall–Kier alpha value is -1.95. The van der Waals surface area contributed by atoms with Gasteiger partial charge in [-0.1, -0.05) is 38.0 Å². The van der Waals surface area contributed by atoms with E-state index in [1.807, 2.05) is 12.1 Å². The molecule has 2 fully saturated rings. The Kier molecular flexibility index (Phi) is 4.69. The average molecular weight is 353 g/mol. The van der Waals surface area contributed by atoms with Crippen LogP contribution in [0.2, 0.25) is 0 Å². The van der Waals surface area contributed by atoms with E-state index in [-0.39, 0.29) is 0 Å². The molecule has 136 valence electrons. The Bertz CT molecular complexity index is 867. The molecule has 3 heteroatoms. The maximum absolute atomic E-state index is 14.3. The van der Waals surface area contributed by atoms with E-state index in [4.69, 9.17) is 5.26 Å². The third-order valence-electron chi connectivity index (χ3n) is 6.93. The molecule has 2 aromatic rings. The lowest BCUT2D eigenvalue weighted by Crippen LogP contribution is -2.30. The minimum absolute atomic E-state index is 0.337. The molecule has 0 saturated heterocycles. The molecule has 0 spiro atoms. The number of rotatable bonds is 2. The van der Waals surface area contributed by atoms with Gasteiger partial charge in [0.2, 0.25) is 0 Å². The fourth-order valence-electron chi connectivity index (χ4n) is 5.37. The number of nitriles is 1. The van der Waals surface area contributed by atoms with Crippen molar-refractivity contribution >= 4 is 10.8 Å². The minimum atomic E-state index is -0.767. The summed E-state index contributed by atoms with van der Waals surface area (Å²) in [4.78, 5) is 0. The normalized spacial score (nSPS) is 28.5. The molecule has 4 rings (SSSR count). The van der Waals surface area contributed by atoms with Crippen molar-refractivity contribution in [3.8, 4) is 6.07 Å². The largest absolute Gasteiger partial charge is 0.205 e. The third-order valence-corrected chi connectivity index (χ3v) is 6.93. The topological polar surface area (TPSA) is 23.8 Å². The Labute approximate surface area is 154 Å². The summed E-state index contributed by atoms with van der Waals surface area (Å²) in [5, 5.41) is 9.83. The number of halogens is 2. The second-order valence-corrected chi connectivity index (χ2v) is 8.26. The van der Waals surface area contributed by atoms with Crippen LogP contribution in [0.5, 0.6) is 0 Å². The summed E-state index contributed by atoms with van der Waals surface area (Å²) in [5.74, 6) is 1.57. The van der Waals surface area contributed by atoms with Crippen LogP contribution in [0.1, 0.15) is 68.9 Å². The van der Waals surface area contributed by atoms with Crippen molar-refractivity contribution in [2.75, 3.05) is 0 Å². The fourth-order valence-corrected chi connectivity index (χ4v) is 5.37. The van der Waals surface area contributed by atoms with Crippen LogP contribution < -0.4 is 0 Å². The first kappa shape index (κ1) is 17.5. The van der Waals surface area contributed by atoms with Gasteiger partial charge in [0.1, 0.15) is 17.4 Å². The third kappa shape index (κ3) is 3.00. The zero-order chi connectivity index (χ0) is 18.3. The molecule has 26 heavy (non-hydrogen) atoms. The van der Waals surface area contributed by atoms with Crippen LogP contribution in [-0.4, -0.2) is 0 Å². The predicted octanol–water partition coefficient (Wildman–Crippen LogP) is 6.70. The summed E-state index contributed by atoms with van der Waals surface area (Å²) >= 11 is 0. The summed E-state index contributed by atoms with van der Waals surface area (Å²) in [6.45, 7) is 2.31. The summed E-state index contributed by atoms with van der Waals surface area (Å²) in [5.41, 5.74) is 0.704. The van der Waals surface area contributed by atoms with Crippen molar-refractivity contribution in [3.05, 3.63) is 47.0 Å². The van der Waals surface area contributed by atoms with Crippen LogP contribution in [0.3, 0.4) is 0 Å². The van der Waals surface area contributed by atoms with Gasteiger partial charge in [-0.25, -0.2) is 8.78 Å². The highest BCUT2D eigenvalue weighted by Gasteiger charge is 2.35. The van der Waals surface area contributed by atoms with Crippen molar-refractivity contribution in [1.29, 1.82) is 5.26 Å². The van der Waals surface area contributed by atoms with Gasteiger partial charge in [-0.2, -0.15) is 5.26 Å². The van der Waals surface area contributed by atoms with Gasteiger partial charge in [-0.05, 0) is 72.8 Å². The molecule has 0 N–H and O–H groups in total. The molecule has 2 aromatic carbocycles. The van der Waals surface area contributed by atoms with Crippen molar-refractivity contribution in [2.45, 2.75) is 57.8 Å². The van der Waals surface area contributed by atoms with Crippen LogP contribution in [-0.2, 0) is 0 Å².